The van der Waals surface area contributed by atoms with Gasteiger partial charge in [0, 0.05) is 12.6 Å². The second-order valence-corrected chi connectivity index (χ2v) is 7.96. The monoisotopic (exact) mass is 389 g/mol. The summed E-state index contributed by atoms with van der Waals surface area (Å²) in [6.45, 7) is 3.79. The van der Waals surface area contributed by atoms with Gasteiger partial charge in [-0.2, -0.15) is 10.1 Å². The number of hydrogen-bond acceptors (Lipinski definition) is 8. The van der Waals surface area contributed by atoms with E-state index >= 15 is 0 Å². The van der Waals surface area contributed by atoms with E-state index in [0.29, 0.717) is 12.0 Å². The molecule has 3 aromatic rings. The number of fused-ring (bicyclic) bond motifs is 4. The molecule has 1 saturated carbocycles. The fraction of sp³-hybridized carbons (Fsp3) is 0.450. The zero-order chi connectivity index (χ0) is 19.4. The quantitative estimate of drug-likeness (QED) is 0.737. The number of aliphatic imine (C=N–C) groups is 1. The molecule has 0 amide bonds. The van der Waals surface area contributed by atoms with Gasteiger partial charge in [0.25, 0.3) is 0 Å². The van der Waals surface area contributed by atoms with Crippen molar-refractivity contribution in [3.05, 3.63) is 30.4 Å². The van der Waals surface area contributed by atoms with Crippen LogP contribution < -0.4 is 15.1 Å². The molecule has 148 valence electrons. The summed E-state index contributed by atoms with van der Waals surface area (Å²) in [5.74, 6) is 2.62. The molecule has 0 spiro atoms. The second-order valence-electron chi connectivity index (χ2n) is 7.96. The van der Waals surface area contributed by atoms with Gasteiger partial charge in [0.1, 0.15) is 12.0 Å². The Kier molecular flexibility index (Phi) is 3.68. The predicted octanol–water partition coefficient (Wildman–Crippen LogP) is 2.90. The Labute approximate surface area is 168 Å². The minimum Gasteiger partial charge on any atom is -0.323 e. The number of nitrogens with zero attached hydrogens (tertiary/aromatic N) is 8. The molecule has 2 aliphatic heterocycles. The Morgan fingerprint density at radius 3 is 2.93 bits per heavy atom. The smallest absolute Gasteiger partial charge is 0.229 e. The van der Waals surface area contributed by atoms with E-state index in [2.05, 4.69) is 30.2 Å². The van der Waals surface area contributed by atoms with E-state index in [-0.39, 0.29) is 0 Å². The van der Waals surface area contributed by atoms with E-state index < -0.39 is 0 Å². The highest BCUT2D eigenvalue weighted by Crippen LogP contribution is 2.41. The number of guanidine groups is 1. The summed E-state index contributed by atoms with van der Waals surface area (Å²) in [5, 5.41) is 7.60. The molecule has 29 heavy (non-hydrogen) atoms. The molecular weight excluding hydrogens is 366 g/mol. The van der Waals surface area contributed by atoms with Gasteiger partial charge in [-0.3, -0.25) is 9.89 Å². The maximum Gasteiger partial charge on any atom is 0.229 e. The SMILES string of the molecule is Cc1cc2ncnn2cc1Nc1ncc2c(n1)N(C1CCCCC1)C1=NCCN12. The van der Waals surface area contributed by atoms with E-state index in [1.165, 1.54) is 32.1 Å². The first-order valence-corrected chi connectivity index (χ1v) is 10.3. The Hall–Kier alpha value is -3.23. The zero-order valence-corrected chi connectivity index (χ0v) is 16.4. The third-order valence-electron chi connectivity index (χ3n) is 6.11. The van der Waals surface area contributed by atoms with Gasteiger partial charge in [0.2, 0.25) is 11.9 Å². The lowest BCUT2D eigenvalue weighted by atomic mass is 9.94. The number of rotatable bonds is 3. The lowest BCUT2D eigenvalue weighted by molar-refractivity contribution is 0.440. The van der Waals surface area contributed by atoms with Crippen molar-refractivity contribution >= 4 is 34.7 Å². The highest BCUT2D eigenvalue weighted by atomic mass is 15.5. The third-order valence-corrected chi connectivity index (χ3v) is 6.11. The molecule has 1 N–H and O–H groups in total. The summed E-state index contributed by atoms with van der Waals surface area (Å²) in [4.78, 5) is 23.2. The Morgan fingerprint density at radius 1 is 1.14 bits per heavy atom. The van der Waals surface area contributed by atoms with Crippen LogP contribution in [-0.4, -0.2) is 49.7 Å². The van der Waals surface area contributed by atoms with Crippen LogP contribution in [0.5, 0.6) is 0 Å². The van der Waals surface area contributed by atoms with Gasteiger partial charge in [-0.15, -0.1) is 0 Å². The van der Waals surface area contributed by atoms with Crippen molar-refractivity contribution in [1.82, 2.24) is 24.6 Å². The number of hydrogen-bond donors (Lipinski definition) is 1. The maximum atomic E-state index is 4.93. The largest absolute Gasteiger partial charge is 0.323 e. The Bertz CT molecular complexity index is 1110. The Balaban J connectivity index is 1.37. The summed E-state index contributed by atoms with van der Waals surface area (Å²) in [5.41, 5.74) is 3.89. The highest BCUT2D eigenvalue weighted by molar-refractivity contribution is 6.16. The summed E-state index contributed by atoms with van der Waals surface area (Å²) in [7, 11) is 0. The van der Waals surface area contributed by atoms with E-state index in [1.54, 1.807) is 10.8 Å². The number of pyridine rings is 1. The van der Waals surface area contributed by atoms with Gasteiger partial charge in [-0.1, -0.05) is 19.3 Å². The molecular formula is C20H23N9. The second kappa shape index (κ2) is 6.40. The first-order chi connectivity index (χ1) is 14.3. The molecule has 5 heterocycles. The molecule has 0 radical (unpaired) electrons. The Morgan fingerprint density at radius 2 is 2.03 bits per heavy atom. The fourth-order valence-corrected chi connectivity index (χ4v) is 4.64. The van der Waals surface area contributed by atoms with Crippen LogP contribution in [0.25, 0.3) is 5.65 Å². The predicted molar refractivity (Wildman–Crippen MR) is 112 cm³/mol. The normalized spacial score (nSPS) is 18.9. The van der Waals surface area contributed by atoms with Crippen LogP contribution in [0.15, 0.2) is 29.8 Å². The van der Waals surface area contributed by atoms with E-state index in [4.69, 9.17) is 9.98 Å². The first kappa shape index (κ1) is 16.7. The van der Waals surface area contributed by atoms with Crippen LogP contribution in [0, 0.1) is 6.92 Å². The fourth-order valence-electron chi connectivity index (χ4n) is 4.64. The lowest BCUT2D eigenvalue weighted by Gasteiger charge is -2.31. The van der Waals surface area contributed by atoms with Gasteiger partial charge < -0.3 is 10.2 Å². The first-order valence-electron chi connectivity index (χ1n) is 10.3. The van der Waals surface area contributed by atoms with Gasteiger partial charge in [-0.25, -0.2) is 14.5 Å². The molecule has 9 heteroatoms. The van der Waals surface area contributed by atoms with Gasteiger partial charge in [0.05, 0.1) is 24.6 Å². The number of anilines is 4. The number of aromatic nitrogens is 5. The molecule has 6 rings (SSSR count). The zero-order valence-electron chi connectivity index (χ0n) is 16.4. The molecule has 9 nitrogen and oxygen atoms in total. The average molecular weight is 389 g/mol. The molecule has 0 bridgehead atoms. The van der Waals surface area contributed by atoms with Crippen molar-refractivity contribution in [3.63, 3.8) is 0 Å². The lowest BCUT2D eigenvalue weighted by Crippen LogP contribution is -2.43. The summed E-state index contributed by atoms with van der Waals surface area (Å²) < 4.78 is 1.75. The van der Waals surface area contributed by atoms with Crippen molar-refractivity contribution in [2.75, 3.05) is 28.2 Å². The van der Waals surface area contributed by atoms with Crippen molar-refractivity contribution < 1.29 is 0 Å². The van der Waals surface area contributed by atoms with Crippen LogP contribution in [0.1, 0.15) is 37.7 Å². The summed E-state index contributed by atoms with van der Waals surface area (Å²) in [6, 6.07) is 2.47. The minimum atomic E-state index is 0.473. The molecule has 0 atom stereocenters. The van der Waals surface area contributed by atoms with Crippen molar-refractivity contribution in [1.29, 1.82) is 0 Å². The summed E-state index contributed by atoms with van der Waals surface area (Å²) in [6.07, 6.45) is 11.7. The van der Waals surface area contributed by atoms with Gasteiger partial charge in [-0.05, 0) is 31.4 Å². The van der Waals surface area contributed by atoms with Crippen LogP contribution in [0.2, 0.25) is 0 Å². The minimum absolute atomic E-state index is 0.473. The molecule has 0 aromatic carbocycles. The third kappa shape index (κ3) is 2.64. The number of nitrogens with one attached hydrogen (secondary N) is 1. The molecule has 0 unspecified atom stereocenters. The average Bonchev–Trinajstić information content (AvgIpc) is 3.44. The van der Waals surface area contributed by atoms with Crippen LogP contribution in [0.3, 0.4) is 0 Å². The van der Waals surface area contributed by atoms with E-state index in [1.807, 2.05) is 25.4 Å². The van der Waals surface area contributed by atoms with E-state index in [0.717, 1.165) is 47.5 Å². The van der Waals surface area contributed by atoms with E-state index in [9.17, 15) is 0 Å². The molecule has 1 fully saturated rings. The maximum absolute atomic E-state index is 4.93. The summed E-state index contributed by atoms with van der Waals surface area (Å²) >= 11 is 0. The number of aryl methyl sites for hydroxylation is 1. The van der Waals surface area contributed by atoms with Crippen LogP contribution in [-0.2, 0) is 0 Å². The molecule has 3 aromatic heterocycles. The molecule has 0 saturated heterocycles. The van der Waals surface area contributed by atoms with Crippen molar-refractivity contribution in [3.8, 4) is 0 Å². The molecule has 1 aliphatic carbocycles. The highest BCUT2D eigenvalue weighted by Gasteiger charge is 2.41. The van der Waals surface area contributed by atoms with Crippen molar-refractivity contribution in [2.45, 2.75) is 45.1 Å². The topological polar surface area (TPSA) is 86.8 Å². The molecule has 3 aliphatic rings. The van der Waals surface area contributed by atoms with Crippen molar-refractivity contribution in [2.24, 2.45) is 4.99 Å². The van der Waals surface area contributed by atoms with Gasteiger partial charge in [0.15, 0.2) is 11.5 Å². The van der Waals surface area contributed by atoms with Gasteiger partial charge >= 0.3 is 0 Å². The standard InChI is InChI=1S/C20H23N9/c1-13-9-17-23-12-24-28(17)11-15(13)25-19-22-10-16-18(26-19)29(14-5-3-2-4-6-14)20-21-7-8-27(16)20/h9-12,14H,2-8H2,1H3,(H,22,25,26). The van der Waals surface area contributed by atoms with Crippen LogP contribution >= 0.6 is 0 Å². The van der Waals surface area contributed by atoms with Crippen LogP contribution in [0.4, 0.5) is 23.1 Å².